The molecule has 3 fully saturated rings. The molecule has 3 aliphatic rings. The van der Waals surface area contributed by atoms with E-state index in [-0.39, 0.29) is 18.0 Å². The lowest BCUT2D eigenvalue weighted by Gasteiger charge is -2.29. The zero-order chi connectivity index (χ0) is 23.0. The van der Waals surface area contributed by atoms with Gasteiger partial charge in [0.2, 0.25) is 5.91 Å². The number of aromatic nitrogens is 1. The molecule has 1 amide bonds. The van der Waals surface area contributed by atoms with Gasteiger partial charge in [-0.25, -0.2) is 13.4 Å². The molecule has 0 spiro atoms. The summed E-state index contributed by atoms with van der Waals surface area (Å²) >= 11 is 0. The number of nitrogens with zero attached hydrogens (tertiary/aromatic N) is 4. The van der Waals surface area contributed by atoms with Crippen LogP contribution < -0.4 is 4.90 Å². The van der Waals surface area contributed by atoms with Gasteiger partial charge in [0.05, 0.1) is 18.1 Å². The van der Waals surface area contributed by atoms with Crippen molar-refractivity contribution in [1.82, 2.24) is 14.8 Å². The maximum absolute atomic E-state index is 12.9. The molecule has 3 aliphatic heterocycles. The topological polar surface area (TPSA) is 83.1 Å². The quantitative estimate of drug-likeness (QED) is 0.635. The molecule has 2 atom stereocenters. The molecule has 33 heavy (non-hydrogen) atoms. The highest BCUT2D eigenvalue weighted by molar-refractivity contribution is 7.90. The van der Waals surface area contributed by atoms with Crippen LogP contribution in [-0.2, 0) is 32.5 Å². The molecule has 176 valence electrons. The molecule has 4 heterocycles. The van der Waals surface area contributed by atoms with E-state index in [1.807, 2.05) is 23.2 Å². The van der Waals surface area contributed by atoms with Crippen LogP contribution in [0.1, 0.15) is 24.0 Å². The van der Waals surface area contributed by atoms with Gasteiger partial charge in [0, 0.05) is 63.7 Å². The molecule has 0 radical (unpaired) electrons. The molecule has 9 heteroatoms. The van der Waals surface area contributed by atoms with E-state index >= 15 is 0 Å². The number of carbonyl (C=O) groups excluding carboxylic acids is 1. The highest BCUT2D eigenvalue weighted by Gasteiger charge is 2.46. The van der Waals surface area contributed by atoms with Gasteiger partial charge in [0.1, 0.15) is 5.82 Å². The van der Waals surface area contributed by atoms with Crippen LogP contribution in [0.5, 0.6) is 0 Å². The van der Waals surface area contributed by atoms with Gasteiger partial charge in [-0.3, -0.25) is 9.69 Å². The van der Waals surface area contributed by atoms with Gasteiger partial charge in [-0.2, -0.15) is 0 Å². The maximum atomic E-state index is 12.9. The molecular weight excluding hydrogens is 440 g/mol. The molecule has 0 bridgehead atoms. The molecule has 0 saturated carbocycles. The highest BCUT2D eigenvalue weighted by atomic mass is 32.2. The number of benzene rings is 1. The van der Waals surface area contributed by atoms with Crippen LogP contribution in [0.4, 0.5) is 5.82 Å². The van der Waals surface area contributed by atoms with Gasteiger partial charge in [0.25, 0.3) is 0 Å². The van der Waals surface area contributed by atoms with Gasteiger partial charge in [-0.15, -0.1) is 0 Å². The van der Waals surface area contributed by atoms with Crippen LogP contribution in [0.15, 0.2) is 47.5 Å². The summed E-state index contributed by atoms with van der Waals surface area (Å²) in [5, 5.41) is 0. The number of sulfone groups is 1. The number of carbonyl (C=O) groups is 1. The van der Waals surface area contributed by atoms with Crippen molar-refractivity contribution in [2.24, 2.45) is 0 Å². The Morgan fingerprint density at radius 1 is 1.00 bits per heavy atom. The summed E-state index contributed by atoms with van der Waals surface area (Å²) in [6.45, 7) is 5.48. The molecule has 3 saturated heterocycles. The largest absolute Gasteiger partial charge is 0.378 e. The first-order chi connectivity index (χ1) is 15.9. The Kier molecular flexibility index (Phi) is 6.11. The Hall–Kier alpha value is -2.49. The number of hydrogen-bond donors (Lipinski definition) is 0. The van der Waals surface area contributed by atoms with Gasteiger partial charge < -0.3 is 14.5 Å². The second-order valence-electron chi connectivity index (χ2n) is 9.16. The van der Waals surface area contributed by atoms with Gasteiger partial charge in [0.15, 0.2) is 9.84 Å². The summed E-state index contributed by atoms with van der Waals surface area (Å²) in [4.78, 5) is 24.4. The second kappa shape index (κ2) is 9.04. The monoisotopic (exact) mass is 470 g/mol. The van der Waals surface area contributed by atoms with Crippen LogP contribution >= 0.6 is 0 Å². The lowest BCUT2D eigenvalue weighted by Crippen LogP contribution is -2.37. The standard InChI is InChI=1S/C24H30N4O4S/c1-33(30,31)20-4-2-18(3-5-20)17-28-21-7-9-27(22(21)15-24(28)29)16-19-6-8-25-23(14-19)26-10-12-32-13-11-26/h2-6,8,14,21-22H,7,9-13,15-17H2,1H3/t21-,22-/m0/s1. The van der Waals surface area contributed by atoms with E-state index < -0.39 is 9.84 Å². The molecule has 5 rings (SSSR count). The number of fused-ring (bicyclic) bond motifs is 1. The van der Waals surface area contributed by atoms with Crippen LogP contribution in [0.3, 0.4) is 0 Å². The summed E-state index contributed by atoms with van der Waals surface area (Å²) in [5.41, 5.74) is 2.17. The minimum atomic E-state index is -3.22. The Morgan fingerprint density at radius 2 is 1.76 bits per heavy atom. The first-order valence-corrected chi connectivity index (χ1v) is 13.4. The third kappa shape index (κ3) is 4.76. The average Bonchev–Trinajstić information content (AvgIpc) is 3.33. The summed E-state index contributed by atoms with van der Waals surface area (Å²) in [5.74, 6) is 1.17. The van der Waals surface area contributed by atoms with Gasteiger partial charge in [-0.05, 0) is 41.8 Å². The van der Waals surface area contributed by atoms with Crippen molar-refractivity contribution in [1.29, 1.82) is 0 Å². The van der Waals surface area contributed by atoms with Crippen molar-refractivity contribution in [2.45, 2.75) is 42.9 Å². The third-order valence-corrected chi connectivity index (χ3v) is 8.09. The molecule has 0 N–H and O–H groups in total. The SMILES string of the molecule is CS(=O)(=O)c1ccc(CN2C(=O)C[C@H]3[C@@H]2CCN3Cc2ccnc(N3CCOCC3)c2)cc1. The minimum Gasteiger partial charge on any atom is -0.378 e. The predicted molar refractivity (Wildman–Crippen MR) is 125 cm³/mol. The fourth-order valence-electron chi connectivity index (χ4n) is 5.21. The summed E-state index contributed by atoms with van der Waals surface area (Å²) in [7, 11) is -3.22. The summed E-state index contributed by atoms with van der Waals surface area (Å²) in [6, 6.07) is 11.5. The smallest absolute Gasteiger partial charge is 0.224 e. The van der Waals surface area contributed by atoms with Crippen molar-refractivity contribution in [2.75, 3.05) is 44.0 Å². The van der Waals surface area contributed by atoms with E-state index in [4.69, 9.17) is 4.74 Å². The number of amides is 1. The van der Waals surface area contributed by atoms with Crippen LogP contribution in [-0.4, -0.2) is 80.3 Å². The number of likely N-dealkylation sites (tertiary alicyclic amines) is 2. The van der Waals surface area contributed by atoms with Crippen LogP contribution in [0.2, 0.25) is 0 Å². The fourth-order valence-corrected chi connectivity index (χ4v) is 5.84. The number of rotatable bonds is 6. The maximum Gasteiger partial charge on any atom is 0.224 e. The van der Waals surface area contributed by atoms with E-state index in [9.17, 15) is 13.2 Å². The minimum absolute atomic E-state index is 0.172. The van der Waals surface area contributed by atoms with Crippen LogP contribution in [0.25, 0.3) is 0 Å². The number of hydrogen-bond acceptors (Lipinski definition) is 7. The van der Waals surface area contributed by atoms with E-state index in [1.165, 1.54) is 11.8 Å². The Morgan fingerprint density at radius 3 is 2.48 bits per heavy atom. The van der Waals surface area contributed by atoms with E-state index in [2.05, 4.69) is 26.9 Å². The molecule has 2 aromatic rings. The van der Waals surface area contributed by atoms with Crippen molar-refractivity contribution >= 4 is 21.6 Å². The summed E-state index contributed by atoms with van der Waals surface area (Å²) in [6.07, 6.45) is 4.57. The number of pyridine rings is 1. The Bertz CT molecular complexity index is 1120. The van der Waals surface area contributed by atoms with Crippen LogP contribution in [0, 0.1) is 0 Å². The highest BCUT2D eigenvalue weighted by Crippen LogP contribution is 2.34. The average molecular weight is 471 g/mol. The predicted octanol–water partition coefficient (Wildman–Crippen LogP) is 1.70. The van der Waals surface area contributed by atoms with E-state index in [1.54, 1.807) is 12.1 Å². The van der Waals surface area contributed by atoms with E-state index in [0.717, 1.165) is 57.2 Å². The normalized spacial score (nSPS) is 23.8. The van der Waals surface area contributed by atoms with Crippen molar-refractivity contribution in [3.63, 3.8) is 0 Å². The van der Waals surface area contributed by atoms with Gasteiger partial charge in [-0.1, -0.05) is 12.1 Å². The number of ether oxygens (including phenoxy) is 1. The van der Waals surface area contributed by atoms with E-state index in [0.29, 0.717) is 17.9 Å². The molecule has 0 unspecified atom stereocenters. The molecule has 1 aromatic heterocycles. The zero-order valence-corrected chi connectivity index (χ0v) is 19.7. The molecule has 1 aromatic carbocycles. The fraction of sp³-hybridized carbons (Fsp3) is 0.500. The van der Waals surface area contributed by atoms with Gasteiger partial charge >= 0.3 is 0 Å². The zero-order valence-electron chi connectivity index (χ0n) is 18.9. The second-order valence-corrected chi connectivity index (χ2v) is 11.2. The summed E-state index contributed by atoms with van der Waals surface area (Å²) < 4.78 is 28.9. The Balaban J connectivity index is 1.25. The van der Waals surface area contributed by atoms with Crippen molar-refractivity contribution < 1.29 is 17.9 Å². The third-order valence-electron chi connectivity index (χ3n) is 6.96. The number of anilines is 1. The molecular formula is C24H30N4O4S. The Labute approximate surface area is 195 Å². The molecule has 8 nitrogen and oxygen atoms in total. The first kappa shape index (κ1) is 22.3. The lowest BCUT2D eigenvalue weighted by molar-refractivity contribution is -0.129. The lowest BCUT2D eigenvalue weighted by atomic mass is 10.1. The first-order valence-electron chi connectivity index (χ1n) is 11.5. The number of morpholine rings is 1. The molecule has 0 aliphatic carbocycles. The van der Waals surface area contributed by atoms with Crippen molar-refractivity contribution in [3.05, 3.63) is 53.7 Å². The van der Waals surface area contributed by atoms with Crippen molar-refractivity contribution in [3.8, 4) is 0 Å².